The van der Waals surface area contributed by atoms with Crippen LogP contribution in [0.3, 0.4) is 0 Å². The minimum absolute atomic E-state index is 0.0187. The first-order valence-electron chi connectivity index (χ1n) is 14.8. The van der Waals surface area contributed by atoms with Crippen LogP contribution in [0.15, 0.2) is 85.1 Å². The van der Waals surface area contributed by atoms with Crippen LogP contribution in [-0.4, -0.2) is 55.2 Å². The molecule has 2 N–H and O–H groups in total. The molecule has 1 aromatic heterocycles. The number of nitrogens with zero attached hydrogens (tertiary/aromatic N) is 6. The fourth-order valence-corrected chi connectivity index (χ4v) is 5.85. The van der Waals surface area contributed by atoms with Crippen molar-refractivity contribution in [2.24, 2.45) is 5.92 Å². The van der Waals surface area contributed by atoms with E-state index in [0.717, 1.165) is 5.56 Å². The third-order valence-corrected chi connectivity index (χ3v) is 8.27. The number of ether oxygens (including phenoxy) is 1. The number of nitro groups is 1. The van der Waals surface area contributed by atoms with Crippen LogP contribution in [0, 0.1) is 16.0 Å². The summed E-state index contributed by atoms with van der Waals surface area (Å²) in [6.07, 6.45) is 6.24. The molecule has 0 radical (unpaired) electrons. The van der Waals surface area contributed by atoms with Crippen molar-refractivity contribution in [1.29, 1.82) is 0 Å². The summed E-state index contributed by atoms with van der Waals surface area (Å²) in [7, 11) is 0. The highest BCUT2D eigenvalue weighted by Crippen LogP contribution is 2.47. The fourth-order valence-electron chi connectivity index (χ4n) is 5.85. The molecule has 2 amide bonds. The average molecular weight is 625 g/mol. The summed E-state index contributed by atoms with van der Waals surface area (Å²) in [5, 5.41) is 40.7. The largest absolute Gasteiger partial charge is 0.482 e. The summed E-state index contributed by atoms with van der Waals surface area (Å²) in [5.41, 5.74) is 0.973. The molecular formula is C33H32N6O7. The molecule has 3 aromatic carbocycles. The Morgan fingerprint density at radius 2 is 1.89 bits per heavy atom. The number of aliphatic hydroxyl groups is 2. The Morgan fingerprint density at radius 3 is 2.65 bits per heavy atom. The van der Waals surface area contributed by atoms with E-state index in [1.165, 1.54) is 23.1 Å². The van der Waals surface area contributed by atoms with Crippen LogP contribution in [0.1, 0.15) is 30.2 Å². The molecule has 6 rings (SSSR count). The number of aromatic nitrogens is 3. The summed E-state index contributed by atoms with van der Waals surface area (Å²) in [5.74, 6) is -0.920. The van der Waals surface area contributed by atoms with Gasteiger partial charge in [0.2, 0.25) is 0 Å². The number of hydrogen-bond acceptors (Lipinski definition) is 9. The molecule has 3 heterocycles. The standard InChI is InChI=1S/C33H32N6O7/c1-22(6-4-5-16-36-20-24(15-17-40)34-35-36)33(43)27-18-26(39(44)45)13-14-28(27)37(32(33)42)19-23-9-11-25(12-10-23)38-29-7-2-3-8-30(29)46-21-31(38)41/h2-4,6-14,18,20,22,40,43H,5,15-17,19,21H2,1H3/b6-4+/t22-,33+/m0/s1. The molecule has 2 aliphatic heterocycles. The normalized spacial score (nSPS) is 18.1. The van der Waals surface area contributed by atoms with Crippen molar-refractivity contribution >= 4 is 34.6 Å². The van der Waals surface area contributed by atoms with E-state index in [4.69, 9.17) is 9.84 Å². The second-order valence-corrected chi connectivity index (χ2v) is 11.2. The van der Waals surface area contributed by atoms with Gasteiger partial charge in [0.05, 0.1) is 28.5 Å². The zero-order valence-corrected chi connectivity index (χ0v) is 25.0. The summed E-state index contributed by atoms with van der Waals surface area (Å²) in [6.45, 7) is 2.19. The third kappa shape index (κ3) is 5.61. The first-order chi connectivity index (χ1) is 22.2. The summed E-state index contributed by atoms with van der Waals surface area (Å²) in [6, 6.07) is 18.5. The molecule has 0 fully saturated rings. The predicted molar refractivity (Wildman–Crippen MR) is 167 cm³/mol. The minimum Gasteiger partial charge on any atom is -0.482 e. The van der Waals surface area contributed by atoms with E-state index in [-0.39, 0.29) is 36.9 Å². The second-order valence-electron chi connectivity index (χ2n) is 11.2. The average Bonchev–Trinajstić information content (AvgIpc) is 3.60. The number of fused-ring (bicyclic) bond motifs is 2. The lowest BCUT2D eigenvalue weighted by Gasteiger charge is -2.29. The topological polar surface area (TPSA) is 164 Å². The predicted octanol–water partition coefficient (Wildman–Crippen LogP) is 3.80. The van der Waals surface area contributed by atoms with Crippen molar-refractivity contribution in [3.63, 3.8) is 0 Å². The molecule has 0 bridgehead atoms. The molecule has 2 atom stereocenters. The molecule has 2 aliphatic rings. The zero-order chi connectivity index (χ0) is 32.4. The van der Waals surface area contributed by atoms with Crippen LogP contribution >= 0.6 is 0 Å². The highest BCUT2D eigenvalue weighted by Gasteiger charge is 2.53. The second kappa shape index (κ2) is 12.5. The van der Waals surface area contributed by atoms with E-state index in [1.807, 2.05) is 18.2 Å². The number of aliphatic hydroxyl groups excluding tert-OH is 1. The van der Waals surface area contributed by atoms with Crippen LogP contribution < -0.4 is 14.5 Å². The van der Waals surface area contributed by atoms with Crippen LogP contribution in [0.2, 0.25) is 0 Å². The smallest absolute Gasteiger partial charge is 0.269 e. The number of rotatable bonds is 11. The Hall–Kier alpha value is -5.40. The molecule has 13 nitrogen and oxygen atoms in total. The van der Waals surface area contributed by atoms with E-state index < -0.39 is 22.3 Å². The molecule has 0 aliphatic carbocycles. The van der Waals surface area contributed by atoms with Gasteiger partial charge in [-0.05, 0) is 42.3 Å². The van der Waals surface area contributed by atoms with E-state index in [0.29, 0.717) is 47.9 Å². The van der Waals surface area contributed by atoms with Gasteiger partial charge in [-0.3, -0.25) is 29.3 Å². The van der Waals surface area contributed by atoms with Crippen LogP contribution in [0.5, 0.6) is 5.75 Å². The van der Waals surface area contributed by atoms with Gasteiger partial charge in [0, 0.05) is 55.1 Å². The van der Waals surface area contributed by atoms with E-state index in [9.17, 15) is 24.8 Å². The third-order valence-electron chi connectivity index (χ3n) is 8.27. The van der Waals surface area contributed by atoms with Crippen molar-refractivity contribution < 1.29 is 29.5 Å². The molecule has 4 aromatic rings. The number of carbonyl (C=O) groups is 2. The van der Waals surface area contributed by atoms with E-state index in [2.05, 4.69) is 10.3 Å². The van der Waals surface area contributed by atoms with Gasteiger partial charge in [0.15, 0.2) is 12.2 Å². The Kier molecular flexibility index (Phi) is 8.35. The van der Waals surface area contributed by atoms with Gasteiger partial charge in [0.25, 0.3) is 17.5 Å². The van der Waals surface area contributed by atoms with Gasteiger partial charge in [-0.1, -0.05) is 48.6 Å². The van der Waals surface area contributed by atoms with Crippen LogP contribution in [0.4, 0.5) is 22.7 Å². The van der Waals surface area contributed by atoms with Gasteiger partial charge in [0.1, 0.15) is 5.75 Å². The number of para-hydroxylation sites is 2. The number of nitro benzene ring substituents is 1. The summed E-state index contributed by atoms with van der Waals surface area (Å²) < 4.78 is 7.19. The van der Waals surface area contributed by atoms with Crippen LogP contribution in [-0.2, 0) is 34.7 Å². The minimum atomic E-state index is -2.04. The lowest BCUT2D eigenvalue weighted by molar-refractivity contribution is -0.385. The quantitative estimate of drug-likeness (QED) is 0.144. The Morgan fingerprint density at radius 1 is 1.11 bits per heavy atom. The Balaban J connectivity index is 1.23. The molecular weight excluding hydrogens is 592 g/mol. The molecule has 236 valence electrons. The number of carbonyl (C=O) groups excluding carboxylic acids is 2. The van der Waals surface area contributed by atoms with Crippen molar-refractivity contribution in [2.75, 3.05) is 23.0 Å². The molecule has 0 saturated carbocycles. The molecule has 0 unspecified atom stereocenters. The number of aryl methyl sites for hydroxylation is 1. The monoisotopic (exact) mass is 624 g/mol. The fraction of sp³-hybridized carbons (Fsp3) is 0.273. The lowest BCUT2D eigenvalue weighted by atomic mass is 9.82. The van der Waals surface area contributed by atoms with Crippen LogP contribution in [0.25, 0.3) is 0 Å². The number of non-ortho nitro benzene ring substituents is 1. The highest BCUT2D eigenvalue weighted by atomic mass is 16.6. The molecule has 13 heteroatoms. The van der Waals surface area contributed by atoms with Crippen molar-refractivity contribution in [1.82, 2.24) is 15.0 Å². The summed E-state index contributed by atoms with van der Waals surface area (Å²) >= 11 is 0. The number of hydrogen-bond donors (Lipinski definition) is 2. The Labute approximate surface area is 264 Å². The first kappa shape index (κ1) is 30.6. The number of amides is 2. The van der Waals surface area contributed by atoms with Crippen molar-refractivity contribution in [3.8, 4) is 5.75 Å². The maximum absolute atomic E-state index is 14.0. The number of allylic oxidation sites excluding steroid dienone is 1. The van der Waals surface area contributed by atoms with Crippen molar-refractivity contribution in [3.05, 3.63) is 112 Å². The Bertz CT molecular complexity index is 1820. The zero-order valence-electron chi connectivity index (χ0n) is 25.0. The van der Waals surface area contributed by atoms with Gasteiger partial charge in [-0.15, -0.1) is 5.10 Å². The lowest BCUT2D eigenvalue weighted by Crippen LogP contribution is -2.44. The maximum Gasteiger partial charge on any atom is 0.269 e. The number of anilines is 3. The highest BCUT2D eigenvalue weighted by molar-refractivity contribution is 6.07. The van der Waals surface area contributed by atoms with Crippen molar-refractivity contribution in [2.45, 2.75) is 38.5 Å². The molecule has 0 saturated heterocycles. The maximum atomic E-state index is 14.0. The van der Waals surface area contributed by atoms with Gasteiger partial charge in [-0.25, -0.2) is 0 Å². The first-order valence-corrected chi connectivity index (χ1v) is 14.8. The van der Waals surface area contributed by atoms with Gasteiger partial charge >= 0.3 is 0 Å². The molecule has 0 spiro atoms. The van der Waals surface area contributed by atoms with Gasteiger partial charge < -0.3 is 19.8 Å². The van der Waals surface area contributed by atoms with Gasteiger partial charge in [-0.2, -0.15) is 0 Å². The number of benzene rings is 3. The van der Waals surface area contributed by atoms with E-state index >= 15 is 0 Å². The molecule has 46 heavy (non-hydrogen) atoms. The van der Waals surface area contributed by atoms with E-state index in [1.54, 1.807) is 65.2 Å². The SMILES string of the molecule is C[C@@H](/C=C/CCn1cc(CCO)nn1)[C@]1(O)C(=O)N(Cc2ccc(N3C(=O)COc4ccccc43)cc2)c2ccc([N+](=O)[O-])cc21. The summed E-state index contributed by atoms with van der Waals surface area (Å²) in [4.78, 5) is 40.8.